The van der Waals surface area contributed by atoms with Crippen molar-refractivity contribution in [1.82, 2.24) is 10.3 Å². The van der Waals surface area contributed by atoms with E-state index in [1.54, 1.807) is 0 Å². The number of piperidine rings is 1. The maximum absolute atomic E-state index is 12.6. The highest BCUT2D eigenvalue weighted by molar-refractivity contribution is 6.39. The number of carbonyl (C=O) groups is 2. The maximum Gasteiger partial charge on any atom is 0.270 e. The molecule has 2 aliphatic rings. The van der Waals surface area contributed by atoms with Gasteiger partial charge in [0, 0.05) is 25.9 Å². The molecule has 2 aliphatic heterocycles. The summed E-state index contributed by atoms with van der Waals surface area (Å²) in [5, 5.41) is 3.94. The smallest absolute Gasteiger partial charge is 0.270 e. The van der Waals surface area contributed by atoms with Gasteiger partial charge in [0.2, 0.25) is 5.91 Å². The summed E-state index contributed by atoms with van der Waals surface area (Å²) in [4.78, 5) is 25.7. The first-order chi connectivity index (χ1) is 11.6. The molecule has 0 spiro atoms. The van der Waals surface area contributed by atoms with Gasteiger partial charge in [-0.15, -0.1) is 0 Å². The minimum absolute atomic E-state index is 0.00408. The molecule has 2 heterocycles. The van der Waals surface area contributed by atoms with Crippen molar-refractivity contribution < 1.29 is 9.59 Å². The molecule has 5 nitrogen and oxygen atoms in total. The molecular weight excluding hydrogens is 302 g/mol. The van der Waals surface area contributed by atoms with Crippen molar-refractivity contribution in [2.75, 3.05) is 13.1 Å². The molecule has 0 aliphatic carbocycles. The molecule has 0 saturated carbocycles. The zero-order chi connectivity index (χ0) is 16.9. The summed E-state index contributed by atoms with van der Waals surface area (Å²) in [6.45, 7) is 3.76. The summed E-state index contributed by atoms with van der Waals surface area (Å²) >= 11 is 0. The topological polar surface area (TPSA) is 61.8 Å². The molecule has 1 saturated heterocycles. The molecular formula is C19H25N3O2. The van der Waals surface area contributed by atoms with Crippen LogP contribution in [-0.2, 0) is 16.0 Å². The average molecular weight is 327 g/mol. The monoisotopic (exact) mass is 327 g/mol. The van der Waals surface area contributed by atoms with Crippen molar-refractivity contribution in [1.29, 1.82) is 0 Å². The van der Waals surface area contributed by atoms with Gasteiger partial charge in [-0.3, -0.25) is 9.59 Å². The van der Waals surface area contributed by atoms with Gasteiger partial charge in [0.25, 0.3) is 5.91 Å². The highest BCUT2D eigenvalue weighted by Crippen LogP contribution is 2.23. The van der Waals surface area contributed by atoms with Crippen LogP contribution >= 0.6 is 0 Å². The summed E-state index contributed by atoms with van der Waals surface area (Å²) in [5.74, 6) is 0.429. The Morgan fingerprint density at radius 1 is 1.33 bits per heavy atom. The van der Waals surface area contributed by atoms with Crippen molar-refractivity contribution in [3.8, 4) is 0 Å². The number of benzene rings is 1. The average Bonchev–Trinajstić information content (AvgIpc) is 2.61. The first kappa shape index (κ1) is 16.7. The lowest BCUT2D eigenvalue weighted by molar-refractivity contribution is -0.126. The third kappa shape index (κ3) is 4.02. The Hall–Kier alpha value is -2.17. The van der Waals surface area contributed by atoms with E-state index in [1.165, 1.54) is 17.5 Å². The van der Waals surface area contributed by atoms with Gasteiger partial charge in [-0.25, -0.2) is 5.43 Å². The van der Waals surface area contributed by atoms with Crippen LogP contribution in [0.5, 0.6) is 0 Å². The normalized spacial score (nSPS) is 21.2. The van der Waals surface area contributed by atoms with Gasteiger partial charge in [0.05, 0.1) is 0 Å². The van der Waals surface area contributed by atoms with Gasteiger partial charge in [0.15, 0.2) is 0 Å². The Morgan fingerprint density at radius 3 is 2.92 bits per heavy atom. The zero-order valence-electron chi connectivity index (χ0n) is 14.3. The Labute approximate surface area is 143 Å². The Kier molecular flexibility index (Phi) is 5.28. The van der Waals surface area contributed by atoms with E-state index in [1.807, 2.05) is 4.90 Å². The lowest BCUT2D eigenvalue weighted by atomic mass is 9.90. The molecule has 1 aromatic rings. The van der Waals surface area contributed by atoms with Crippen LogP contribution in [0.3, 0.4) is 0 Å². The number of likely N-dealkylation sites (tertiary alicyclic amines) is 1. The van der Waals surface area contributed by atoms with E-state index in [-0.39, 0.29) is 11.8 Å². The minimum atomic E-state index is -0.110. The second-order valence-corrected chi connectivity index (χ2v) is 6.82. The van der Waals surface area contributed by atoms with Crippen molar-refractivity contribution in [2.45, 2.75) is 45.4 Å². The molecule has 0 aromatic heterocycles. The number of nitrogens with one attached hydrogen (secondary N) is 1. The molecule has 3 rings (SSSR count). The summed E-state index contributed by atoms with van der Waals surface area (Å²) in [5.41, 5.74) is 5.66. The van der Waals surface area contributed by atoms with E-state index in [9.17, 15) is 9.59 Å². The number of hydrogen-bond acceptors (Lipinski definition) is 3. The Bertz CT molecular complexity index is 654. The van der Waals surface area contributed by atoms with Crippen LogP contribution in [0, 0.1) is 12.8 Å². The summed E-state index contributed by atoms with van der Waals surface area (Å²) in [7, 11) is 0. The summed E-state index contributed by atoms with van der Waals surface area (Å²) in [6.07, 6.45) is 5.21. The molecule has 1 unspecified atom stereocenters. The number of nitrogens with zero attached hydrogens (tertiary/aromatic N) is 2. The van der Waals surface area contributed by atoms with Crippen LogP contribution in [0.25, 0.3) is 0 Å². The Morgan fingerprint density at radius 2 is 2.17 bits per heavy atom. The predicted molar refractivity (Wildman–Crippen MR) is 93.6 cm³/mol. The lowest BCUT2D eigenvalue weighted by Gasteiger charge is -2.33. The van der Waals surface area contributed by atoms with Crippen molar-refractivity contribution in [2.24, 2.45) is 11.0 Å². The van der Waals surface area contributed by atoms with Gasteiger partial charge in [-0.2, -0.15) is 5.10 Å². The van der Waals surface area contributed by atoms with Crippen LogP contribution in [0.2, 0.25) is 0 Å². The van der Waals surface area contributed by atoms with E-state index < -0.39 is 0 Å². The standard InChI is InChI=1S/C19H25N3O2/c1-14-5-2-3-7-16(14)9-8-15-6-4-12-22(13-15)19(24)17-10-11-18(23)21-20-17/h2-3,5,7,15H,4,6,8-13H2,1H3,(H,21,23). The second-order valence-electron chi connectivity index (χ2n) is 6.82. The van der Waals surface area contributed by atoms with Crippen LogP contribution in [0.1, 0.15) is 43.2 Å². The molecule has 1 fully saturated rings. The Balaban J connectivity index is 1.55. The van der Waals surface area contributed by atoms with E-state index in [2.05, 4.69) is 41.7 Å². The zero-order valence-corrected chi connectivity index (χ0v) is 14.3. The van der Waals surface area contributed by atoms with Crippen LogP contribution in [-0.4, -0.2) is 35.5 Å². The largest absolute Gasteiger partial charge is 0.337 e. The van der Waals surface area contributed by atoms with E-state index >= 15 is 0 Å². The van der Waals surface area contributed by atoms with E-state index in [4.69, 9.17) is 0 Å². The number of carbonyl (C=O) groups excluding carboxylic acids is 2. The molecule has 1 aromatic carbocycles. The van der Waals surface area contributed by atoms with Crippen LogP contribution < -0.4 is 5.43 Å². The van der Waals surface area contributed by atoms with Gasteiger partial charge in [-0.1, -0.05) is 24.3 Å². The highest BCUT2D eigenvalue weighted by atomic mass is 16.2. The predicted octanol–water partition coefficient (Wildman–Crippen LogP) is 2.43. The van der Waals surface area contributed by atoms with E-state index in [0.717, 1.165) is 32.4 Å². The third-order valence-electron chi connectivity index (χ3n) is 5.04. The van der Waals surface area contributed by atoms with Crippen molar-refractivity contribution >= 4 is 17.5 Å². The number of aryl methyl sites for hydroxylation is 2. The van der Waals surface area contributed by atoms with Gasteiger partial charge in [0.1, 0.15) is 5.71 Å². The SMILES string of the molecule is Cc1ccccc1CCC1CCCN(C(=O)C2=NNC(=O)CC2)C1. The number of hydrogen-bond donors (Lipinski definition) is 1. The fraction of sp³-hybridized carbons (Fsp3) is 0.526. The van der Waals surface area contributed by atoms with E-state index in [0.29, 0.717) is 24.5 Å². The molecule has 24 heavy (non-hydrogen) atoms. The van der Waals surface area contributed by atoms with Gasteiger partial charge >= 0.3 is 0 Å². The highest BCUT2D eigenvalue weighted by Gasteiger charge is 2.28. The van der Waals surface area contributed by atoms with Crippen LogP contribution in [0.4, 0.5) is 0 Å². The number of amides is 2. The molecule has 5 heteroatoms. The first-order valence-corrected chi connectivity index (χ1v) is 8.82. The van der Waals surface area contributed by atoms with Gasteiger partial charge in [-0.05, 0) is 49.7 Å². The molecule has 0 bridgehead atoms. The van der Waals surface area contributed by atoms with Crippen molar-refractivity contribution in [3.63, 3.8) is 0 Å². The second kappa shape index (κ2) is 7.60. The third-order valence-corrected chi connectivity index (χ3v) is 5.04. The molecule has 128 valence electrons. The quantitative estimate of drug-likeness (QED) is 0.923. The molecule has 2 amide bonds. The molecule has 1 atom stereocenters. The van der Waals surface area contributed by atoms with Crippen molar-refractivity contribution in [3.05, 3.63) is 35.4 Å². The molecule has 1 N–H and O–H groups in total. The first-order valence-electron chi connectivity index (χ1n) is 8.82. The summed E-state index contributed by atoms with van der Waals surface area (Å²) < 4.78 is 0. The number of rotatable bonds is 4. The van der Waals surface area contributed by atoms with Gasteiger partial charge < -0.3 is 4.90 Å². The minimum Gasteiger partial charge on any atom is -0.337 e. The summed E-state index contributed by atoms with van der Waals surface area (Å²) in [6, 6.07) is 8.51. The number of hydrazone groups is 1. The van der Waals surface area contributed by atoms with Crippen LogP contribution in [0.15, 0.2) is 29.4 Å². The fourth-order valence-electron chi connectivity index (χ4n) is 3.55. The maximum atomic E-state index is 12.6. The fourth-order valence-corrected chi connectivity index (χ4v) is 3.55. The lowest BCUT2D eigenvalue weighted by Crippen LogP contribution is -2.45. The molecule has 0 radical (unpaired) electrons.